The van der Waals surface area contributed by atoms with Crippen molar-refractivity contribution in [1.82, 2.24) is 14.7 Å². The zero-order chi connectivity index (χ0) is 23.9. The summed E-state index contributed by atoms with van der Waals surface area (Å²) in [6.07, 6.45) is 2.63. The lowest BCUT2D eigenvalue weighted by atomic mass is 10.1. The second-order valence-electron chi connectivity index (χ2n) is 8.84. The van der Waals surface area contributed by atoms with Gasteiger partial charge >= 0.3 is 0 Å². The molecule has 0 aliphatic heterocycles. The summed E-state index contributed by atoms with van der Waals surface area (Å²) < 4.78 is 27.1. The van der Waals surface area contributed by atoms with Crippen molar-refractivity contribution in [3.63, 3.8) is 0 Å². The fourth-order valence-electron chi connectivity index (χ4n) is 4.08. The predicted octanol–water partition coefficient (Wildman–Crippen LogP) is 4.98. The lowest BCUT2D eigenvalue weighted by Crippen LogP contribution is -2.36. The molecule has 4 rings (SSSR count). The molecule has 1 saturated carbocycles. The quantitative estimate of drug-likeness (QED) is 0.384. The fourth-order valence-corrected chi connectivity index (χ4v) is 4.08. The van der Waals surface area contributed by atoms with Crippen molar-refractivity contribution in [3.8, 4) is 17.3 Å². The van der Waals surface area contributed by atoms with Gasteiger partial charge in [-0.1, -0.05) is 25.1 Å². The smallest absolute Gasteiger partial charge is 0.227 e. The van der Waals surface area contributed by atoms with Gasteiger partial charge in [0.1, 0.15) is 11.6 Å². The van der Waals surface area contributed by atoms with Crippen LogP contribution in [0, 0.1) is 11.7 Å². The molecule has 6 nitrogen and oxygen atoms in total. The monoisotopic (exact) mass is 467 g/mol. The average molecular weight is 468 g/mol. The third-order valence-electron chi connectivity index (χ3n) is 5.96. The number of hydrogen-bond acceptors (Lipinski definition) is 5. The van der Waals surface area contributed by atoms with Crippen molar-refractivity contribution >= 4 is 0 Å². The second-order valence-corrected chi connectivity index (χ2v) is 8.84. The first-order valence-corrected chi connectivity index (χ1v) is 12.1. The molecule has 0 amide bonds. The Morgan fingerprint density at radius 2 is 1.85 bits per heavy atom. The summed E-state index contributed by atoms with van der Waals surface area (Å²) in [5.41, 5.74) is 2.83. The summed E-state index contributed by atoms with van der Waals surface area (Å²) in [6, 6.07) is 15.9. The number of ether oxygens (including phenoxy) is 2. The van der Waals surface area contributed by atoms with Crippen LogP contribution in [-0.4, -0.2) is 52.2 Å². The van der Waals surface area contributed by atoms with Gasteiger partial charge in [-0.15, -0.1) is 0 Å². The van der Waals surface area contributed by atoms with Gasteiger partial charge in [0, 0.05) is 26.2 Å². The first-order chi connectivity index (χ1) is 16.6. The SMILES string of the molecule is CCOC[C@H](O)CN(Cc1c(CC)nn(-c2ccccc2)c1Oc1ccc(F)cc1)CC1CC1. The first kappa shape index (κ1) is 24.4. The molecule has 1 aliphatic rings. The van der Waals surface area contributed by atoms with E-state index in [4.69, 9.17) is 14.6 Å². The van der Waals surface area contributed by atoms with E-state index in [9.17, 15) is 9.50 Å². The predicted molar refractivity (Wildman–Crippen MR) is 130 cm³/mol. The lowest BCUT2D eigenvalue weighted by Gasteiger charge is -2.25. The van der Waals surface area contributed by atoms with Gasteiger partial charge < -0.3 is 14.6 Å². The number of nitrogens with zero attached hydrogens (tertiary/aromatic N) is 3. The van der Waals surface area contributed by atoms with Crippen LogP contribution >= 0.6 is 0 Å². The standard InChI is InChI=1S/C27H34FN3O3/c1-3-26-25(18-30(16-20-10-11-20)17-23(32)19-33-4-2)27(34-24-14-12-21(28)13-15-24)31(29-26)22-8-6-5-7-9-22/h5-9,12-15,20,23,32H,3-4,10-11,16-19H2,1-2H3/t23-/m1/s1. The fraction of sp³-hybridized carbons (Fsp3) is 0.444. The Labute approximate surface area is 200 Å². The van der Waals surface area contributed by atoms with Gasteiger partial charge in [0.25, 0.3) is 0 Å². The molecule has 1 heterocycles. The van der Waals surface area contributed by atoms with Gasteiger partial charge in [0.15, 0.2) is 0 Å². The van der Waals surface area contributed by atoms with E-state index in [1.54, 1.807) is 12.1 Å². The van der Waals surface area contributed by atoms with Gasteiger partial charge in [-0.3, -0.25) is 4.90 Å². The molecule has 7 heteroatoms. The molecule has 0 spiro atoms. The number of aryl methyl sites for hydroxylation is 1. The number of aliphatic hydroxyl groups excluding tert-OH is 1. The van der Waals surface area contributed by atoms with Crippen molar-refractivity contribution in [1.29, 1.82) is 0 Å². The molecule has 0 radical (unpaired) electrons. The van der Waals surface area contributed by atoms with Crippen LogP contribution in [0.3, 0.4) is 0 Å². The maximum Gasteiger partial charge on any atom is 0.227 e. The molecular weight excluding hydrogens is 433 g/mol. The van der Waals surface area contributed by atoms with E-state index in [1.165, 1.54) is 25.0 Å². The van der Waals surface area contributed by atoms with E-state index in [2.05, 4.69) is 11.8 Å². The van der Waals surface area contributed by atoms with Crippen molar-refractivity contribution in [3.05, 3.63) is 71.7 Å². The molecule has 1 N–H and O–H groups in total. The Morgan fingerprint density at radius 1 is 1.12 bits per heavy atom. The number of aromatic nitrogens is 2. The minimum Gasteiger partial charge on any atom is -0.439 e. The molecule has 182 valence electrons. The summed E-state index contributed by atoms with van der Waals surface area (Å²) in [7, 11) is 0. The van der Waals surface area contributed by atoms with E-state index in [0.717, 1.165) is 29.9 Å². The molecular formula is C27H34FN3O3. The van der Waals surface area contributed by atoms with E-state index in [-0.39, 0.29) is 5.82 Å². The largest absolute Gasteiger partial charge is 0.439 e. The third-order valence-corrected chi connectivity index (χ3v) is 5.96. The Morgan fingerprint density at radius 3 is 2.50 bits per heavy atom. The number of benzene rings is 2. The number of aliphatic hydroxyl groups is 1. The van der Waals surface area contributed by atoms with Gasteiger partial charge in [-0.25, -0.2) is 9.07 Å². The van der Waals surface area contributed by atoms with Crippen LogP contribution in [0.15, 0.2) is 54.6 Å². The molecule has 1 aromatic heterocycles. The molecule has 0 saturated heterocycles. The van der Waals surface area contributed by atoms with Gasteiger partial charge in [0.05, 0.1) is 29.7 Å². The summed E-state index contributed by atoms with van der Waals surface area (Å²) in [5.74, 6) is 1.52. The number of rotatable bonds is 13. The Balaban J connectivity index is 1.68. The number of halogens is 1. The maximum atomic E-state index is 13.5. The normalized spacial score (nSPS) is 14.5. The Hall–Kier alpha value is -2.74. The van der Waals surface area contributed by atoms with E-state index < -0.39 is 6.10 Å². The Kier molecular flexibility index (Phi) is 8.32. The zero-order valence-electron chi connectivity index (χ0n) is 20.0. The summed E-state index contributed by atoms with van der Waals surface area (Å²) in [6.45, 7) is 6.95. The van der Waals surface area contributed by atoms with Gasteiger partial charge in [-0.2, -0.15) is 5.10 Å². The van der Waals surface area contributed by atoms with Crippen LogP contribution < -0.4 is 4.74 Å². The average Bonchev–Trinajstić information content (AvgIpc) is 3.60. The summed E-state index contributed by atoms with van der Waals surface area (Å²) >= 11 is 0. The molecule has 1 fully saturated rings. The minimum atomic E-state index is -0.561. The van der Waals surface area contributed by atoms with Gasteiger partial charge in [0.2, 0.25) is 5.88 Å². The van der Waals surface area contributed by atoms with Crippen LogP contribution in [0.5, 0.6) is 11.6 Å². The van der Waals surface area contributed by atoms with Crippen LogP contribution in [0.1, 0.15) is 37.9 Å². The van der Waals surface area contributed by atoms with Crippen molar-refractivity contribution in [2.45, 2.75) is 45.8 Å². The molecule has 1 aliphatic carbocycles. The summed E-state index contributed by atoms with van der Waals surface area (Å²) in [5, 5.41) is 15.4. The van der Waals surface area contributed by atoms with E-state index in [0.29, 0.717) is 43.9 Å². The topological polar surface area (TPSA) is 59.8 Å². The highest BCUT2D eigenvalue weighted by atomic mass is 19.1. The summed E-state index contributed by atoms with van der Waals surface area (Å²) in [4.78, 5) is 2.28. The van der Waals surface area contributed by atoms with Crippen molar-refractivity contribution in [2.24, 2.45) is 5.92 Å². The van der Waals surface area contributed by atoms with E-state index in [1.807, 2.05) is 41.9 Å². The molecule has 1 atom stereocenters. The van der Waals surface area contributed by atoms with Crippen LogP contribution in [0.4, 0.5) is 4.39 Å². The Bertz CT molecular complexity index is 1040. The highest BCUT2D eigenvalue weighted by Crippen LogP contribution is 2.34. The first-order valence-electron chi connectivity index (χ1n) is 12.1. The van der Waals surface area contributed by atoms with Gasteiger partial charge in [-0.05, 0) is 68.5 Å². The van der Waals surface area contributed by atoms with Crippen LogP contribution in [-0.2, 0) is 17.7 Å². The second kappa shape index (κ2) is 11.6. The zero-order valence-corrected chi connectivity index (χ0v) is 20.0. The van der Waals surface area contributed by atoms with Crippen LogP contribution in [0.2, 0.25) is 0 Å². The lowest BCUT2D eigenvalue weighted by molar-refractivity contribution is 0.0186. The highest BCUT2D eigenvalue weighted by molar-refractivity contribution is 5.43. The van der Waals surface area contributed by atoms with E-state index >= 15 is 0 Å². The highest BCUT2D eigenvalue weighted by Gasteiger charge is 2.28. The molecule has 0 unspecified atom stereocenters. The number of para-hydroxylation sites is 1. The molecule has 2 aromatic carbocycles. The molecule has 3 aromatic rings. The minimum absolute atomic E-state index is 0.308. The third kappa shape index (κ3) is 6.44. The van der Waals surface area contributed by atoms with Crippen LogP contribution in [0.25, 0.3) is 5.69 Å². The van der Waals surface area contributed by atoms with Crippen molar-refractivity contribution in [2.75, 3.05) is 26.3 Å². The molecule has 34 heavy (non-hydrogen) atoms. The number of hydrogen-bond donors (Lipinski definition) is 1. The maximum absolute atomic E-state index is 13.5. The van der Waals surface area contributed by atoms with Crippen molar-refractivity contribution < 1.29 is 19.0 Å². The molecule has 0 bridgehead atoms.